The smallest absolute Gasteiger partial charge is 0.115 e. The van der Waals surface area contributed by atoms with Crippen molar-refractivity contribution in [3.63, 3.8) is 0 Å². The first-order chi connectivity index (χ1) is 7.79. The van der Waals surface area contributed by atoms with Gasteiger partial charge in [0.2, 0.25) is 0 Å². The topological polar surface area (TPSA) is 61.6 Å². The number of aromatic nitrogens is 2. The average molecular weight is 231 g/mol. The fourth-order valence-electron chi connectivity index (χ4n) is 1.21. The Morgan fingerprint density at radius 3 is 2.62 bits per heavy atom. The molecule has 78 valence electrons. The Bertz CT molecular complexity index is 533. The largest absolute Gasteiger partial charge is 0.352 e. The molecule has 0 radical (unpaired) electrons. The minimum atomic E-state index is 0.489. The number of nitrogens with one attached hydrogen (secondary N) is 1. The Kier molecular flexibility index (Phi) is 2.99. The number of benzene rings is 1. The van der Waals surface area contributed by atoms with Crippen molar-refractivity contribution in [2.75, 3.05) is 5.32 Å². The lowest BCUT2D eigenvalue weighted by Gasteiger charge is -2.07. The predicted molar refractivity (Wildman–Crippen MR) is 61.5 cm³/mol. The van der Waals surface area contributed by atoms with Gasteiger partial charge < -0.3 is 5.32 Å². The van der Waals surface area contributed by atoms with Crippen LogP contribution >= 0.6 is 11.6 Å². The second-order valence-electron chi connectivity index (χ2n) is 3.06. The number of hydrogen-bond donors (Lipinski definition) is 1. The van der Waals surface area contributed by atoms with E-state index in [4.69, 9.17) is 16.9 Å². The molecular weight excluding hydrogens is 224 g/mol. The molecule has 0 aliphatic rings. The maximum Gasteiger partial charge on any atom is 0.115 e. The Morgan fingerprint density at radius 2 is 2.00 bits per heavy atom. The molecule has 0 fully saturated rings. The maximum absolute atomic E-state index is 8.69. The van der Waals surface area contributed by atoms with Crippen molar-refractivity contribution >= 4 is 23.0 Å². The molecule has 1 aromatic carbocycles. The summed E-state index contributed by atoms with van der Waals surface area (Å²) in [7, 11) is 0. The van der Waals surface area contributed by atoms with Gasteiger partial charge in [-0.05, 0) is 18.2 Å². The summed E-state index contributed by atoms with van der Waals surface area (Å²) in [4.78, 5) is 7.75. The van der Waals surface area contributed by atoms with Crippen molar-refractivity contribution in [1.29, 1.82) is 5.26 Å². The summed E-state index contributed by atoms with van der Waals surface area (Å²) in [6.07, 6.45) is 4.73. The first kappa shape index (κ1) is 10.4. The summed E-state index contributed by atoms with van der Waals surface area (Å²) in [5.41, 5.74) is 1.99. The molecule has 0 saturated heterocycles. The van der Waals surface area contributed by atoms with Crippen molar-refractivity contribution in [3.05, 3.63) is 47.5 Å². The molecule has 2 rings (SSSR count). The molecule has 0 bridgehead atoms. The Labute approximate surface area is 97.5 Å². The molecule has 0 atom stereocenters. The zero-order valence-electron chi connectivity index (χ0n) is 8.18. The molecule has 0 unspecified atom stereocenters. The molecule has 16 heavy (non-hydrogen) atoms. The molecule has 2 aromatic rings. The molecule has 0 amide bonds. The normalized spacial score (nSPS) is 9.50. The third kappa shape index (κ3) is 2.27. The van der Waals surface area contributed by atoms with Crippen LogP contribution in [0.4, 0.5) is 11.4 Å². The quantitative estimate of drug-likeness (QED) is 0.862. The van der Waals surface area contributed by atoms with E-state index >= 15 is 0 Å². The molecule has 0 spiro atoms. The molecule has 1 aromatic heterocycles. The van der Waals surface area contributed by atoms with Crippen molar-refractivity contribution in [1.82, 2.24) is 9.97 Å². The molecule has 4 nitrogen and oxygen atoms in total. The van der Waals surface area contributed by atoms with Crippen LogP contribution < -0.4 is 5.32 Å². The average Bonchev–Trinajstić information content (AvgIpc) is 2.33. The van der Waals surface area contributed by atoms with Gasteiger partial charge in [0, 0.05) is 0 Å². The summed E-state index contributed by atoms with van der Waals surface area (Å²) < 4.78 is 0. The van der Waals surface area contributed by atoms with Crippen molar-refractivity contribution < 1.29 is 0 Å². The van der Waals surface area contributed by atoms with E-state index in [0.29, 0.717) is 10.6 Å². The van der Waals surface area contributed by atoms with Crippen LogP contribution in [0.1, 0.15) is 5.56 Å². The number of nitriles is 1. The Hall–Kier alpha value is -2.12. The molecule has 5 heteroatoms. The fourth-order valence-corrected chi connectivity index (χ4v) is 1.43. The van der Waals surface area contributed by atoms with Gasteiger partial charge in [0.05, 0.1) is 40.4 Å². The lowest BCUT2D eigenvalue weighted by atomic mass is 10.2. The second kappa shape index (κ2) is 4.60. The monoisotopic (exact) mass is 230 g/mol. The van der Waals surface area contributed by atoms with E-state index in [2.05, 4.69) is 15.3 Å². The van der Waals surface area contributed by atoms with E-state index < -0.39 is 0 Å². The number of halogens is 1. The summed E-state index contributed by atoms with van der Waals surface area (Å²) in [6.45, 7) is 0. The van der Waals surface area contributed by atoms with E-state index in [-0.39, 0.29) is 0 Å². The van der Waals surface area contributed by atoms with Gasteiger partial charge in [-0.1, -0.05) is 11.6 Å². The Balaban J connectivity index is 2.27. The van der Waals surface area contributed by atoms with Gasteiger partial charge >= 0.3 is 0 Å². The molecule has 0 aliphatic carbocycles. The van der Waals surface area contributed by atoms with E-state index in [1.165, 1.54) is 6.33 Å². The summed E-state index contributed by atoms with van der Waals surface area (Å²) in [6, 6.07) is 7.06. The van der Waals surface area contributed by atoms with Gasteiger partial charge in [0.1, 0.15) is 6.33 Å². The number of nitrogens with zero attached hydrogens (tertiary/aromatic N) is 3. The number of rotatable bonds is 2. The van der Waals surface area contributed by atoms with Crippen LogP contribution in [-0.4, -0.2) is 9.97 Å². The zero-order valence-corrected chi connectivity index (χ0v) is 8.94. The lowest BCUT2D eigenvalue weighted by Crippen LogP contribution is -1.93. The highest BCUT2D eigenvalue weighted by atomic mass is 35.5. The first-order valence-electron chi connectivity index (χ1n) is 4.51. The van der Waals surface area contributed by atoms with Crippen LogP contribution in [0.5, 0.6) is 0 Å². The Morgan fingerprint density at radius 1 is 1.25 bits per heavy atom. The van der Waals surface area contributed by atoms with Crippen LogP contribution in [0.2, 0.25) is 5.02 Å². The van der Waals surface area contributed by atoms with Crippen molar-refractivity contribution in [2.45, 2.75) is 0 Å². The summed E-state index contributed by atoms with van der Waals surface area (Å²) >= 11 is 6.00. The van der Waals surface area contributed by atoms with E-state index in [0.717, 1.165) is 11.4 Å². The van der Waals surface area contributed by atoms with Crippen LogP contribution in [0.25, 0.3) is 0 Å². The van der Waals surface area contributed by atoms with E-state index in [1.807, 2.05) is 6.07 Å². The second-order valence-corrected chi connectivity index (χ2v) is 3.47. The standard InChI is InChI=1S/C11H7ClN4/c12-10-3-8(4-13)1-2-11(10)16-9-5-14-7-15-6-9/h1-3,5-7,16H. The van der Waals surface area contributed by atoms with Crippen LogP contribution in [0.15, 0.2) is 36.9 Å². The lowest BCUT2D eigenvalue weighted by molar-refractivity contribution is 1.17. The summed E-state index contributed by atoms with van der Waals surface area (Å²) in [5, 5.41) is 12.2. The van der Waals surface area contributed by atoms with Gasteiger partial charge in [-0.15, -0.1) is 0 Å². The molecular formula is C11H7ClN4. The fraction of sp³-hybridized carbons (Fsp3) is 0. The molecule has 1 heterocycles. The highest BCUT2D eigenvalue weighted by Crippen LogP contribution is 2.25. The molecule has 0 saturated carbocycles. The van der Waals surface area contributed by atoms with Gasteiger partial charge in [0.15, 0.2) is 0 Å². The van der Waals surface area contributed by atoms with Crippen molar-refractivity contribution in [3.8, 4) is 6.07 Å². The van der Waals surface area contributed by atoms with Gasteiger partial charge in [0.25, 0.3) is 0 Å². The first-order valence-corrected chi connectivity index (χ1v) is 4.89. The highest BCUT2D eigenvalue weighted by Gasteiger charge is 2.02. The van der Waals surface area contributed by atoms with Crippen LogP contribution in [0.3, 0.4) is 0 Å². The number of anilines is 2. The minimum Gasteiger partial charge on any atom is -0.352 e. The van der Waals surface area contributed by atoms with Crippen LogP contribution in [0, 0.1) is 11.3 Å². The van der Waals surface area contributed by atoms with Crippen molar-refractivity contribution in [2.24, 2.45) is 0 Å². The third-order valence-electron chi connectivity index (χ3n) is 1.94. The minimum absolute atomic E-state index is 0.489. The molecule has 1 N–H and O–H groups in total. The SMILES string of the molecule is N#Cc1ccc(Nc2cncnc2)c(Cl)c1. The predicted octanol–water partition coefficient (Wildman–Crippen LogP) is 2.75. The zero-order chi connectivity index (χ0) is 11.4. The number of hydrogen-bond acceptors (Lipinski definition) is 4. The van der Waals surface area contributed by atoms with Gasteiger partial charge in [-0.25, -0.2) is 9.97 Å². The van der Waals surface area contributed by atoms with Gasteiger partial charge in [-0.2, -0.15) is 5.26 Å². The molecule has 0 aliphatic heterocycles. The van der Waals surface area contributed by atoms with Crippen LogP contribution in [-0.2, 0) is 0 Å². The van der Waals surface area contributed by atoms with Gasteiger partial charge in [-0.3, -0.25) is 0 Å². The highest BCUT2D eigenvalue weighted by molar-refractivity contribution is 6.33. The maximum atomic E-state index is 8.69. The van der Waals surface area contributed by atoms with E-state index in [9.17, 15) is 0 Å². The summed E-state index contributed by atoms with van der Waals surface area (Å²) in [5.74, 6) is 0. The third-order valence-corrected chi connectivity index (χ3v) is 2.25. The van der Waals surface area contributed by atoms with E-state index in [1.54, 1.807) is 30.6 Å².